The molecule has 0 saturated heterocycles. The number of hydrogen-bond donors (Lipinski definition) is 2. The predicted octanol–water partition coefficient (Wildman–Crippen LogP) is 10.5. The lowest BCUT2D eigenvalue weighted by molar-refractivity contribution is -0.161. The quantitative estimate of drug-likeness (QED) is 0.0283. The molecule has 0 amide bonds. The fraction of sp³-hybridized carbons (Fsp3) is 0.700. The Bertz CT molecular complexity index is 1010. The normalized spacial score (nSPS) is 14.1. The zero-order valence-corrected chi connectivity index (χ0v) is 32.3. The van der Waals surface area contributed by atoms with Crippen molar-refractivity contribution < 1.29 is 37.6 Å². The van der Waals surface area contributed by atoms with Gasteiger partial charge in [0.2, 0.25) is 0 Å². The summed E-state index contributed by atoms with van der Waals surface area (Å²) in [5.41, 5.74) is 5.33. The summed E-state index contributed by atoms with van der Waals surface area (Å²) in [4.78, 5) is 34.7. The molecule has 288 valence electrons. The van der Waals surface area contributed by atoms with Gasteiger partial charge in [-0.2, -0.15) is 0 Å². The molecule has 0 aromatic rings. The Hall–Kier alpha value is -2.29. The first-order valence-electron chi connectivity index (χ1n) is 19.3. The first kappa shape index (κ1) is 47.7. The Balaban J connectivity index is 4.29. The van der Waals surface area contributed by atoms with Crippen LogP contribution in [-0.4, -0.2) is 49.3 Å². The second-order valence-corrected chi connectivity index (χ2v) is 13.9. The van der Waals surface area contributed by atoms with E-state index >= 15 is 0 Å². The van der Waals surface area contributed by atoms with Crippen molar-refractivity contribution >= 4 is 19.8 Å². The second-order valence-electron chi connectivity index (χ2n) is 12.4. The van der Waals surface area contributed by atoms with Crippen molar-refractivity contribution in [2.45, 2.75) is 155 Å². The van der Waals surface area contributed by atoms with E-state index in [9.17, 15) is 19.0 Å². The molecule has 0 fully saturated rings. The first-order valence-corrected chi connectivity index (χ1v) is 20.8. The van der Waals surface area contributed by atoms with Crippen LogP contribution in [0.2, 0.25) is 0 Å². The summed E-state index contributed by atoms with van der Waals surface area (Å²) in [6.07, 6.45) is 41.1. The third kappa shape index (κ3) is 35.5. The van der Waals surface area contributed by atoms with Gasteiger partial charge < -0.3 is 20.1 Å². The number of hydrogen-bond acceptors (Lipinski definition) is 8. The topological polar surface area (TPSA) is 134 Å². The summed E-state index contributed by atoms with van der Waals surface area (Å²) in [7, 11) is -4.38. The molecule has 50 heavy (non-hydrogen) atoms. The van der Waals surface area contributed by atoms with Crippen LogP contribution in [0.1, 0.15) is 149 Å². The van der Waals surface area contributed by atoms with Gasteiger partial charge >= 0.3 is 19.8 Å². The van der Waals surface area contributed by atoms with E-state index in [0.29, 0.717) is 12.8 Å². The number of phosphoric ester groups is 1. The zero-order chi connectivity index (χ0) is 36.8. The predicted molar refractivity (Wildman–Crippen MR) is 206 cm³/mol. The number of esters is 2. The molecule has 0 rings (SSSR count). The number of ether oxygens (including phenoxy) is 2. The van der Waals surface area contributed by atoms with Gasteiger partial charge in [0.1, 0.15) is 6.61 Å². The van der Waals surface area contributed by atoms with Crippen LogP contribution in [-0.2, 0) is 32.7 Å². The van der Waals surface area contributed by atoms with E-state index in [1.54, 1.807) is 0 Å². The van der Waals surface area contributed by atoms with Crippen LogP contribution in [0, 0.1) is 0 Å². The standard InChI is InChI=1S/C40H70NO8P/c1-3-5-7-9-11-13-15-17-18-19-21-22-24-26-28-30-32-39(42)46-36-38(37-48-50(44,45)47-35-34-41)49-40(43)33-31-29-27-25-23-20-16-14-12-10-8-6-4-2/h6,8,12-15,18-20,23,38H,3-5,7,9-11,16-17,21-22,24-37,41H2,1-2H3,(H,44,45)/b8-6-,14-12-,15-13-,19-18-,23-20-. The number of allylic oxidation sites excluding steroid dienone is 10. The van der Waals surface area contributed by atoms with Gasteiger partial charge in [-0.1, -0.05) is 120 Å². The monoisotopic (exact) mass is 723 g/mol. The van der Waals surface area contributed by atoms with E-state index in [1.165, 1.54) is 32.1 Å². The largest absolute Gasteiger partial charge is 0.472 e. The van der Waals surface area contributed by atoms with Gasteiger partial charge in [0.15, 0.2) is 6.10 Å². The smallest absolute Gasteiger partial charge is 0.462 e. The number of carbonyl (C=O) groups is 2. The van der Waals surface area contributed by atoms with Crippen LogP contribution in [0.5, 0.6) is 0 Å². The Kier molecular flexibility index (Phi) is 34.8. The van der Waals surface area contributed by atoms with Crippen LogP contribution in [0.3, 0.4) is 0 Å². The maximum Gasteiger partial charge on any atom is 0.472 e. The molecule has 0 heterocycles. The maximum absolute atomic E-state index is 12.5. The van der Waals surface area contributed by atoms with Crippen LogP contribution in [0.4, 0.5) is 0 Å². The molecule has 10 heteroatoms. The summed E-state index contributed by atoms with van der Waals surface area (Å²) >= 11 is 0. The van der Waals surface area contributed by atoms with Crippen molar-refractivity contribution in [2.24, 2.45) is 5.73 Å². The zero-order valence-electron chi connectivity index (χ0n) is 31.4. The fourth-order valence-electron chi connectivity index (χ4n) is 4.79. The van der Waals surface area contributed by atoms with Crippen molar-refractivity contribution in [1.82, 2.24) is 0 Å². The molecular weight excluding hydrogens is 653 g/mol. The van der Waals surface area contributed by atoms with E-state index < -0.39 is 32.5 Å². The third-order valence-corrected chi connectivity index (χ3v) is 8.62. The highest BCUT2D eigenvalue weighted by molar-refractivity contribution is 7.47. The Labute approximate surface area is 304 Å². The van der Waals surface area contributed by atoms with Gasteiger partial charge in [-0.3, -0.25) is 18.6 Å². The van der Waals surface area contributed by atoms with Crippen molar-refractivity contribution in [3.63, 3.8) is 0 Å². The molecule has 2 unspecified atom stereocenters. The van der Waals surface area contributed by atoms with Crippen molar-refractivity contribution in [2.75, 3.05) is 26.4 Å². The van der Waals surface area contributed by atoms with E-state index in [-0.39, 0.29) is 32.6 Å². The van der Waals surface area contributed by atoms with E-state index in [0.717, 1.165) is 77.0 Å². The van der Waals surface area contributed by atoms with Crippen LogP contribution in [0.15, 0.2) is 60.8 Å². The highest BCUT2D eigenvalue weighted by Crippen LogP contribution is 2.43. The summed E-state index contributed by atoms with van der Waals surface area (Å²) in [5.74, 6) is -0.886. The molecule has 3 N–H and O–H groups in total. The van der Waals surface area contributed by atoms with Crippen molar-refractivity contribution in [1.29, 1.82) is 0 Å². The van der Waals surface area contributed by atoms with Gasteiger partial charge in [0.25, 0.3) is 0 Å². The van der Waals surface area contributed by atoms with Gasteiger partial charge in [-0.05, 0) is 77.0 Å². The van der Waals surface area contributed by atoms with Gasteiger partial charge in [-0.25, -0.2) is 4.57 Å². The number of nitrogens with two attached hydrogens (primary N) is 1. The summed E-state index contributed by atoms with van der Waals surface area (Å²) in [5, 5.41) is 0. The van der Waals surface area contributed by atoms with Crippen LogP contribution >= 0.6 is 7.82 Å². The van der Waals surface area contributed by atoms with Crippen molar-refractivity contribution in [3.8, 4) is 0 Å². The molecule has 0 bridgehead atoms. The lowest BCUT2D eigenvalue weighted by atomic mass is 10.1. The second kappa shape index (κ2) is 36.5. The lowest BCUT2D eigenvalue weighted by Crippen LogP contribution is -2.29. The molecule has 0 aromatic heterocycles. The summed E-state index contributed by atoms with van der Waals surface area (Å²) in [6.45, 7) is 3.52. The van der Waals surface area contributed by atoms with E-state index in [1.807, 2.05) is 0 Å². The SMILES string of the molecule is CC/C=C\C/C=C\C/C=C\CCCCCC(=O)OC(COC(=O)CCCCCCC/C=C\C/C=C\CCCCCC)COP(=O)(O)OCCN. The molecular formula is C40H70NO8P. The van der Waals surface area contributed by atoms with Gasteiger partial charge in [-0.15, -0.1) is 0 Å². The molecule has 0 aliphatic rings. The Morgan fingerprint density at radius 1 is 0.620 bits per heavy atom. The summed E-state index contributed by atoms with van der Waals surface area (Å²) in [6, 6.07) is 0. The van der Waals surface area contributed by atoms with Crippen molar-refractivity contribution in [3.05, 3.63) is 60.8 Å². The highest BCUT2D eigenvalue weighted by atomic mass is 31.2. The average molecular weight is 724 g/mol. The molecule has 0 aromatic carbocycles. The molecule has 0 aliphatic carbocycles. The Morgan fingerprint density at radius 2 is 1.10 bits per heavy atom. The summed E-state index contributed by atoms with van der Waals surface area (Å²) < 4.78 is 32.6. The van der Waals surface area contributed by atoms with E-state index in [2.05, 4.69) is 74.6 Å². The number of phosphoric acid groups is 1. The molecule has 0 spiro atoms. The number of rotatable bonds is 35. The third-order valence-electron chi connectivity index (χ3n) is 7.64. The molecule has 0 saturated carbocycles. The molecule has 2 atom stereocenters. The van der Waals surface area contributed by atoms with Crippen LogP contribution < -0.4 is 5.73 Å². The minimum absolute atomic E-state index is 0.0436. The fourth-order valence-corrected chi connectivity index (χ4v) is 5.56. The minimum atomic E-state index is -4.38. The maximum atomic E-state index is 12.5. The van der Waals surface area contributed by atoms with Gasteiger partial charge in [0, 0.05) is 19.4 Å². The average Bonchev–Trinajstić information content (AvgIpc) is 3.10. The first-order chi connectivity index (χ1) is 24.3. The number of carbonyl (C=O) groups excluding carboxylic acids is 2. The minimum Gasteiger partial charge on any atom is -0.462 e. The van der Waals surface area contributed by atoms with Crippen LogP contribution in [0.25, 0.3) is 0 Å². The lowest BCUT2D eigenvalue weighted by Gasteiger charge is -2.19. The van der Waals surface area contributed by atoms with E-state index in [4.69, 9.17) is 24.3 Å². The molecule has 0 radical (unpaired) electrons. The van der Waals surface area contributed by atoms with Gasteiger partial charge in [0.05, 0.1) is 13.2 Å². The molecule has 0 aliphatic heterocycles. The molecule has 9 nitrogen and oxygen atoms in total. The highest BCUT2D eigenvalue weighted by Gasteiger charge is 2.25. The number of unbranched alkanes of at least 4 members (excludes halogenated alkanes) is 12. The Morgan fingerprint density at radius 3 is 1.66 bits per heavy atom.